The van der Waals surface area contributed by atoms with Crippen molar-refractivity contribution >= 4 is 33.8 Å². The van der Waals surface area contributed by atoms with Gasteiger partial charge in [0.05, 0.1) is 6.26 Å². The zero-order valence-electron chi connectivity index (χ0n) is 11.7. The molecule has 0 bridgehead atoms. The zero-order valence-corrected chi connectivity index (χ0v) is 11.7. The van der Waals surface area contributed by atoms with Crippen LogP contribution < -0.4 is 0 Å². The average molecular weight is 288 g/mol. The lowest BCUT2D eigenvalue weighted by atomic mass is 10.1. The van der Waals surface area contributed by atoms with Crippen LogP contribution >= 0.6 is 0 Å². The molecule has 0 radical (unpaired) electrons. The molecule has 3 heteroatoms. The Kier molecular flexibility index (Phi) is 2.90. The molecular formula is C19H12O3. The molecule has 0 unspecified atom stereocenters. The number of hydrogen-bond donors (Lipinski definition) is 0. The molecule has 0 aliphatic heterocycles. The number of allylic oxidation sites excluding steroid dienone is 1. The highest BCUT2D eigenvalue weighted by molar-refractivity contribution is 6.12. The first-order valence-electron chi connectivity index (χ1n) is 6.98. The third kappa shape index (κ3) is 2.13. The summed E-state index contributed by atoms with van der Waals surface area (Å²) in [4.78, 5) is 12.3. The van der Waals surface area contributed by atoms with E-state index in [-0.39, 0.29) is 5.78 Å². The maximum absolute atomic E-state index is 12.3. The molecule has 0 aliphatic rings. The fraction of sp³-hybridized carbons (Fsp3) is 0. The minimum absolute atomic E-state index is 0.0661. The van der Waals surface area contributed by atoms with Gasteiger partial charge in [-0.05, 0) is 48.6 Å². The number of ketones is 1. The van der Waals surface area contributed by atoms with Crippen molar-refractivity contribution in [2.75, 3.05) is 0 Å². The molecule has 0 amide bonds. The molecular weight excluding hydrogens is 276 g/mol. The number of para-hydroxylation sites is 1. The quantitative estimate of drug-likeness (QED) is 0.390. The minimum Gasteiger partial charge on any atom is -0.465 e. The van der Waals surface area contributed by atoms with Gasteiger partial charge in [-0.1, -0.05) is 18.2 Å². The third-order valence-electron chi connectivity index (χ3n) is 3.60. The Morgan fingerprint density at radius 3 is 2.64 bits per heavy atom. The van der Waals surface area contributed by atoms with E-state index in [4.69, 9.17) is 8.83 Å². The van der Waals surface area contributed by atoms with Crippen LogP contribution in [0.25, 0.3) is 28.0 Å². The van der Waals surface area contributed by atoms with Gasteiger partial charge in [0.1, 0.15) is 16.9 Å². The van der Waals surface area contributed by atoms with Gasteiger partial charge in [0, 0.05) is 16.3 Å². The number of rotatable bonds is 3. The monoisotopic (exact) mass is 288 g/mol. The molecule has 2 heterocycles. The fourth-order valence-electron chi connectivity index (χ4n) is 2.52. The van der Waals surface area contributed by atoms with E-state index in [0.717, 1.165) is 21.9 Å². The highest BCUT2D eigenvalue weighted by Crippen LogP contribution is 2.29. The van der Waals surface area contributed by atoms with Gasteiger partial charge >= 0.3 is 0 Å². The molecule has 0 atom stereocenters. The summed E-state index contributed by atoms with van der Waals surface area (Å²) < 4.78 is 10.9. The molecule has 106 valence electrons. The van der Waals surface area contributed by atoms with Gasteiger partial charge in [-0.2, -0.15) is 0 Å². The van der Waals surface area contributed by atoms with E-state index < -0.39 is 0 Å². The molecule has 0 fully saturated rings. The number of benzene rings is 2. The van der Waals surface area contributed by atoms with Gasteiger partial charge in [0.2, 0.25) is 0 Å². The van der Waals surface area contributed by atoms with E-state index in [9.17, 15) is 4.79 Å². The summed E-state index contributed by atoms with van der Waals surface area (Å²) in [5.41, 5.74) is 2.24. The Bertz CT molecular complexity index is 988. The van der Waals surface area contributed by atoms with Gasteiger partial charge < -0.3 is 8.83 Å². The van der Waals surface area contributed by atoms with Crippen LogP contribution in [0.1, 0.15) is 16.1 Å². The van der Waals surface area contributed by atoms with E-state index in [0.29, 0.717) is 11.3 Å². The second-order valence-electron chi connectivity index (χ2n) is 5.02. The van der Waals surface area contributed by atoms with Crippen LogP contribution in [0.2, 0.25) is 0 Å². The third-order valence-corrected chi connectivity index (χ3v) is 3.60. The molecule has 0 saturated heterocycles. The summed E-state index contributed by atoms with van der Waals surface area (Å²) in [5, 5.41) is 1.97. The molecule has 2 aromatic heterocycles. The van der Waals surface area contributed by atoms with Crippen molar-refractivity contribution < 1.29 is 13.6 Å². The van der Waals surface area contributed by atoms with Crippen molar-refractivity contribution in [1.82, 2.24) is 0 Å². The number of carbonyl (C=O) groups excluding carboxylic acids is 1. The first-order valence-corrected chi connectivity index (χ1v) is 6.98. The lowest BCUT2D eigenvalue weighted by Gasteiger charge is -1.96. The zero-order chi connectivity index (χ0) is 14.9. The number of fused-ring (bicyclic) bond motifs is 3. The van der Waals surface area contributed by atoms with E-state index >= 15 is 0 Å². The molecule has 4 rings (SSSR count). The molecule has 0 spiro atoms. The summed E-state index contributed by atoms with van der Waals surface area (Å²) in [6.45, 7) is 0. The molecule has 3 nitrogen and oxygen atoms in total. The molecule has 0 N–H and O–H groups in total. The van der Waals surface area contributed by atoms with Crippen LogP contribution in [0, 0.1) is 0 Å². The SMILES string of the molecule is O=C(C=Cc1ccco1)c1ccc2oc3ccccc3c2c1. The number of hydrogen-bond acceptors (Lipinski definition) is 3. The summed E-state index contributed by atoms with van der Waals surface area (Å²) in [5.74, 6) is 0.590. The lowest BCUT2D eigenvalue weighted by molar-refractivity contribution is 0.104. The predicted octanol–water partition coefficient (Wildman–Crippen LogP) is 5.08. The Hall–Kier alpha value is -3.07. The summed E-state index contributed by atoms with van der Waals surface area (Å²) in [6, 6.07) is 16.9. The Morgan fingerprint density at radius 2 is 1.77 bits per heavy atom. The topological polar surface area (TPSA) is 43.4 Å². The van der Waals surface area contributed by atoms with E-state index in [1.807, 2.05) is 36.4 Å². The average Bonchev–Trinajstić information content (AvgIpc) is 3.19. The molecule has 22 heavy (non-hydrogen) atoms. The first kappa shape index (κ1) is 12.7. The second kappa shape index (κ2) is 5.04. The Labute approximate surface area is 126 Å². The van der Waals surface area contributed by atoms with Crippen molar-refractivity contribution in [2.45, 2.75) is 0 Å². The van der Waals surface area contributed by atoms with Gasteiger partial charge in [-0.3, -0.25) is 4.79 Å². The fourth-order valence-corrected chi connectivity index (χ4v) is 2.52. The van der Waals surface area contributed by atoms with Crippen molar-refractivity contribution in [1.29, 1.82) is 0 Å². The van der Waals surface area contributed by atoms with Gasteiger partial charge in [-0.15, -0.1) is 0 Å². The highest BCUT2D eigenvalue weighted by Gasteiger charge is 2.09. The van der Waals surface area contributed by atoms with Crippen LogP contribution in [0.4, 0.5) is 0 Å². The summed E-state index contributed by atoms with van der Waals surface area (Å²) in [6.07, 6.45) is 4.76. The largest absolute Gasteiger partial charge is 0.465 e. The van der Waals surface area contributed by atoms with Crippen molar-refractivity contribution in [3.8, 4) is 0 Å². The Balaban J connectivity index is 1.75. The summed E-state index contributed by atoms with van der Waals surface area (Å²) >= 11 is 0. The Morgan fingerprint density at radius 1 is 0.909 bits per heavy atom. The normalized spacial score (nSPS) is 11.6. The first-order chi connectivity index (χ1) is 10.8. The maximum Gasteiger partial charge on any atom is 0.185 e. The van der Waals surface area contributed by atoms with Crippen LogP contribution in [-0.2, 0) is 0 Å². The molecule has 2 aromatic carbocycles. The van der Waals surface area contributed by atoms with Gasteiger partial charge in [-0.25, -0.2) is 0 Å². The molecule has 0 saturated carbocycles. The number of furan rings is 2. The molecule has 0 aliphatic carbocycles. The minimum atomic E-state index is -0.0661. The van der Waals surface area contributed by atoms with Crippen LogP contribution in [-0.4, -0.2) is 5.78 Å². The van der Waals surface area contributed by atoms with Gasteiger partial charge in [0.15, 0.2) is 5.78 Å². The van der Waals surface area contributed by atoms with Crippen molar-refractivity contribution in [2.24, 2.45) is 0 Å². The van der Waals surface area contributed by atoms with Crippen LogP contribution in [0.5, 0.6) is 0 Å². The van der Waals surface area contributed by atoms with Crippen molar-refractivity contribution in [3.05, 3.63) is 78.3 Å². The second-order valence-corrected chi connectivity index (χ2v) is 5.02. The van der Waals surface area contributed by atoms with Crippen molar-refractivity contribution in [3.63, 3.8) is 0 Å². The lowest BCUT2D eigenvalue weighted by Crippen LogP contribution is -1.93. The van der Waals surface area contributed by atoms with E-state index in [1.165, 1.54) is 6.08 Å². The van der Waals surface area contributed by atoms with E-state index in [1.54, 1.807) is 30.5 Å². The van der Waals surface area contributed by atoms with Gasteiger partial charge in [0.25, 0.3) is 0 Å². The smallest absolute Gasteiger partial charge is 0.185 e. The molecule has 4 aromatic rings. The summed E-state index contributed by atoms with van der Waals surface area (Å²) in [7, 11) is 0. The van der Waals surface area contributed by atoms with Crippen LogP contribution in [0.15, 0.2) is 75.8 Å². The maximum atomic E-state index is 12.3. The highest BCUT2D eigenvalue weighted by atomic mass is 16.3. The van der Waals surface area contributed by atoms with E-state index in [2.05, 4.69) is 0 Å². The van der Waals surface area contributed by atoms with Crippen LogP contribution in [0.3, 0.4) is 0 Å². The number of carbonyl (C=O) groups is 1. The standard InChI is InChI=1S/C19H12O3/c20-17(9-8-14-4-3-11-21-14)13-7-10-19-16(12-13)15-5-1-2-6-18(15)22-19/h1-12H. The predicted molar refractivity (Wildman–Crippen MR) is 85.8 cm³/mol.